The number of hydrogen-bond donors (Lipinski definition) is 1. The van der Waals surface area contributed by atoms with Crippen molar-refractivity contribution in [2.75, 3.05) is 6.54 Å². The van der Waals surface area contributed by atoms with Crippen LogP contribution in [0.15, 0.2) is 30.7 Å². The summed E-state index contributed by atoms with van der Waals surface area (Å²) < 4.78 is 0. The molecule has 0 aromatic carbocycles. The van der Waals surface area contributed by atoms with Crippen molar-refractivity contribution in [3.63, 3.8) is 0 Å². The molecule has 0 fully saturated rings. The Hall–Kier alpha value is -1.85. The first-order valence-electron chi connectivity index (χ1n) is 6.30. The van der Waals surface area contributed by atoms with Gasteiger partial charge in [0.2, 0.25) is 0 Å². The molecule has 5 heteroatoms. The van der Waals surface area contributed by atoms with Gasteiger partial charge < -0.3 is 5.32 Å². The molecule has 0 aliphatic carbocycles. The van der Waals surface area contributed by atoms with Crippen LogP contribution in [0.25, 0.3) is 21.6 Å². The van der Waals surface area contributed by atoms with E-state index >= 15 is 0 Å². The van der Waals surface area contributed by atoms with Crippen molar-refractivity contribution in [2.45, 2.75) is 13.0 Å². The van der Waals surface area contributed by atoms with E-state index in [2.05, 4.69) is 15.3 Å². The van der Waals surface area contributed by atoms with E-state index in [-0.39, 0.29) is 0 Å². The maximum absolute atomic E-state index is 4.70. The summed E-state index contributed by atoms with van der Waals surface area (Å²) in [5.41, 5.74) is 2.45. The van der Waals surface area contributed by atoms with Crippen molar-refractivity contribution in [2.24, 2.45) is 0 Å². The quantitative estimate of drug-likeness (QED) is 0.736. The van der Waals surface area contributed by atoms with Gasteiger partial charge in [-0.2, -0.15) is 0 Å². The molecule has 4 nitrogen and oxygen atoms in total. The lowest BCUT2D eigenvalue weighted by molar-refractivity contribution is 0.657. The fourth-order valence-electron chi connectivity index (χ4n) is 2.45. The molecule has 0 bridgehead atoms. The molecule has 4 heterocycles. The largest absolute Gasteiger partial charge is 0.312 e. The number of aromatic nitrogens is 3. The summed E-state index contributed by atoms with van der Waals surface area (Å²) in [5, 5.41) is 4.62. The minimum atomic E-state index is 0.779. The van der Waals surface area contributed by atoms with E-state index in [1.54, 1.807) is 23.7 Å². The average molecular weight is 268 g/mol. The van der Waals surface area contributed by atoms with Gasteiger partial charge in [0.15, 0.2) is 5.82 Å². The molecule has 0 unspecified atom stereocenters. The second-order valence-corrected chi connectivity index (χ2v) is 5.66. The number of fused-ring (bicyclic) bond motifs is 3. The molecule has 0 radical (unpaired) electrons. The highest BCUT2D eigenvalue weighted by Crippen LogP contribution is 2.32. The average Bonchev–Trinajstić information content (AvgIpc) is 2.86. The third-order valence-electron chi connectivity index (χ3n) is 3.41. The minimum Gasteiger partial charge on any atom is -0.312 e. The molecule has 0 saturated carbocycles. The van der Waals surface area contributed by atoms with Crippen LogP contribution in [0.4, 0.5) is 0 Å². The number of hydrogen-bond acceptors (Lipinski definition) is 5. The van der Waals surface area contributed by atoms with E-state index in [0.29, 0.717) is 0 Å². The highest BCUT2D eigenvalue weighted by molar-refractivity contribution is 7.18. The summed E-state index contributed by atoms with van der Waals surface area (Å²) in [4.78, 5) is 15.7. The zero-order valence-corrected chi connectivity index (χ0v) is 11.1. The van der Waals surface area contributed by atoms with Gasteiger partial charge >= 0.3 is 0 Å². The number of nitrogens with zero attached hydrogens (tertiary/aromatic N) is 3. The van der Waals surface area contributed by atoms with Gasteiger partial charge in [-0.25, -0.2) is 9.97 Å². The molecule has 3 aromatic heterocycles. The third kappa shape index (κ3) is 1.82. The number of rotatable bonds is 1. The number of thiophene rings is 1. The van der Waals surface area contributed by atoms with Crippen LogP contribution in [0.1, 0.15) is 10.4 Å². The summed E-state index contributed by atoms with van der Waals surface area (Å²) in [6, 6.07) is 3.88. The monoisotopic (exact) mass is 268 g/mol. The molecule has 94 valence electrons. The van der Waals surface area contributed by atoms with Crippen LogP contribution in [-0.2, 0) is 13.0 Å². The van der Waals surface area contributed by atoms with E-state index in [1.165, 1.54) is 15.8 Å². The lowest BCUT2D eigenvalue weighted by Crippen LogP contribution is -2.21. The van der Waals surface area contributed by atoms with Gasteiger partial charge in [0.05, 0.1) is 0 Å². The molecular formula is C14H12N4S. The van der Waals surface area contributed by atoms with E-state index in [1.807, 2.05) is 18.3 Å². The molecule has 0 amide bonds. The van der Waals surface area contributed by atoms with Crippen molar-refractivity contribution in [3.05, 3.63) is 41.2 Å². The van der Waals surface area contributed by atoms with Crippen LogP contribution in [0.3, 0.4) is 0 Å². The van der Waals surface area contributed by atoms with Gasteiger partial charge in [-0.1, -0.05) is 0 Å². The number of nitrogens with one attached hydrogen (secondary N) is 1. The first-order valence-corrected chi connectivity index (χ1v) is 7.12. The molecule has 3 aromatic rings. The highest BCUT2D eigenvalue weighted by Gasteiger charge is 2.17. The standard InChI is InChI=1S/C14H12N4S/c1-4-15-5-2-9(1)13-17-7-11-10-3-6-16-8-12(10)19-14(11)18-13/h1-2,4-5,7,16H,3,6,8H2. The summed E-state index contributed by atoms with van der Waals surface area (Å²) in [6.45, 7) is 2.01. The van der Waals surface area contributed by atoms with E-state index in [4.69, 9.17) is 4.98 Å². The van der Waals surface area contributed by atoms with Gasteiger partial charge in [0, 0.05) is 41.0 Å². The van der Waals surface area contributed by atoms with Crippen LogP contribution in [0.2, 0.25) is 0 Å². The van der Waals surface area contributed by atoms with Crippen LogP contribution >= 0.6 is 11.3 Å². The molecule has 0 atom stereocenters. The Morgan fingerprint density at radius 3 is 3.00 bits per heavy atom. The molecule has 0 spiro atoms. The zero-order valence-electron chi connectivity index (χ0n) is 10.3. The predicted molar refractivity (Wildman–Crippen MR) is 76.1 cm³/mol. The second kappa shape index (κ2) is 4.36. The van der Waals surface area contributed by atoms with Crippen LogP contribution in [0, 0.1) is 0 Å². The van der Waals surface area contributed by atoms with Gasteiger partial charge in [-0.3, -0.25) is 4.98 Å². The molecular weight excluding hydrogens is 256 g/mol. The fourth-order valence-corrected chi connectivity index (χ4v) is 3.61. The minimum absolute atomic E-state index is 0.779. The summed E-state index contributed by atoms with van der Waals surface area (Å²) >= 11 is 1.78. The first kappa shape index (κ1) is 11.0. The molecule has 1 N–H and O–H groups in total. The van der Waals surface area contributed by atoms with E-state index in [0.717, 1.165) is 35.7 Å². The topological polar surface area (TPSA) is 50.7 Å². The summed E-state index contributed by atoms with van der Waals surface area (Å²) in [7, 11) is 0. The zero-order chi connectivity index (χ0) is 12.7. The van der Waals surface area contributed by atoms with E-state index in [9.17, 15) is 0 Å². The lowest BCUT2D eigenvalue weighted by Gasteiger charge is -2.11. The van der Waals surface area contributed by atoms with Crippen molar-refractivity contribution < 1.29 is 0 Å². The smallest absolute Gasteiger partial charge is 0.160 e. The summed E-state index contributed by atoms with van der Waals surface area (Å²) in [6.07, 6.45) is 6.59. The Balaban J connectivity index is 1.88. The lowest BCUT2D eigenvalue weighted by atomic mass is 10.1. The maximum Gasteiger partial charge on any atom is 0.160 e. The van der Waals surface area contributed by atoms with Crippen LogP contribution in [-0.4, -0.2) is 21.5 Å². The second-order valence-electron chi connectivity index (χ2n) is 4.58. The summed E-state index contributed by atoms with van der Waals surface area (Å²) in [5.74, 6) is 0.779. The van der Waals surface area contributed by atoms with Gasteiger partial charge in [0.1, 0.15) is 4.83 Å². The fraction of sp³-hybridized carbons (Fsp3) is 0.214. The molecule has 19 heavy (non-hydrogen) atoms. The molecule has 1 aliphatic rings. The van der Waals surface area contributed by atoms with Crippen molar-refractivity contribution in [1.82, 2.24) is 20.3 Å². The van der Waals surface area contributed by atoms with Crippen molar-refractivity contribution in [1.29, 1.82) is 0 Å². The molecule has 4 rings (SSSR count). The van der Waals surface area contributed by atoms with Crippen molar-refractivity contribution in [3.8, 4) is 11.4 Å². The van der Waals surface area contributed by atoms with Crippen LogP contribution < -0.4 is 5.32 Å². The van der Waals surface area contributed by atoms with Crippen LogP contribution in [0.5, 0.6) is 0 Å². The van der Waals surface area contributed by atoms with Crippen molar-refractivity contribution >= 4 is 21.6 Å². The third-order valence-corrected chi connectivity index (χ3v) is 4.55. The number of pyridine rings is 1. The highest BCUT2D eigenvalue weighted by atomic mass is 32.1. The predicted octanol–water partition coefficient (Wildman–Crippen LogP) is 2.40. The Bertz CT molecular complexity index is 736. The van der Waals surface area contributed by atoms with Gasteiger partial charge in [-0.05, 0) is 30.7 Å². The SMILES string of the molecule is c1cc(-c2ncc3c4c(sc3n2)CNCC4)ccn1. The Kier molecular flexibility index (Phi) is 2.53. The van der Waals surface area contributed by atoms with E-state index < -0.39 is 0 Å². The Labute approximate surface area is 114 Å². The molecule has 1 aliphatic heterocycles. The Morgan fingerprint density at radius 1 is 1.21 bits per heavy atom. The van der Waals surface area contributed by atoms with Gasteiger partial charge in [0.25, 0.3) is 0 Å². The first-order chi connectivity index (χ1) is 9.42. The maximum atomic E-state index is 4.70. The van der Waals surface area contributed by atoms with Gasteiger partial charge in [-0.15, -0.1) is 11.3 Å². The molecule has 0 saturated heterocycles. The normalized spacial score (nSPS) is 14.5. The Morgan fingerprint density at radius 2 is 2.11 bits per heavy atom.